The summed E-state index contributed by atoms with van der Waals surface area (Å²) < 4.78 is 22.2. The van der Waals surface area contributed by atoms with Gasteiger partial charge in [0.15, 0.2) is 0 Å². The summed E-state index contributed by atoms with van der Waals surface area (Å²) in [6.45, 7) is 3.99. The lowest BCUT2D eigenvalue weighted by Gasteiger charge is -2.18. The molecule has 0 saturated heterocycles. The highest BCUT2D eigenvalue weighted by atomic mass is 32.2. The molecule has 2 atom stereocenters. The molecule has 3 nitrogen and oxygen atoms in total. The summed E-state index contributed by atoms with van der Waals surface area (Å²) in [6, 6.07) is 4.44. The van der Waals surface area contributed by atoms with Crippen LogP contribution in [0.5, 0.6) is 0 Å². The average Bonchev–Trinajstić information content (AvgIpc) is 2.51. The van der Waals surface area contributed by atoms with Gasteiger partial charge in [-0.1, -0.05) is 6.07 Å². The minimum atomic E-state index is -2.89. The normalized spacial score (nSPS) is 15.9. The molecule has 0 aliphatic heterocycles. The molecule has 0 radical (unpaired) electrons. The predicted molar refractivity (Wildman–Crippen MR) is 69.8 cm³/mol. The summed E-state index contributed by atoms with van der Waals surface area (Å²) in [5.74, 6) is 0.196. The molecule has 92 valence electrons. The molecule has 1 aromatic heterocycles. The van der Waals surface area contributed by atoms with Crippen molar-refractivity contribution in [3.8, 4) is 0 Å². The van der Waals surface area contributed by atoms with Gasteiger partial charge >= 0.3 is 0 Å². The molecule has 16 heavy (non-hydrogen) atoms. The van der Waals surface area contributed by atoms with Crippen molar-refractivity contribution in [1.82, 2.24) is 5.32 Å². The van der Waals surface area contributed by atoms with Gasteiger partial charge in [-0.3, -0.25) is 0 Å². The van der Waals surface area contributed by atoms with E-state index in [-0.39, 0.29) is 11.8 Å². The van der Waals surface area contributed by atoms with Crippen molar-refractivity contribution in [2.24, 2.45) is 0 Å². The molecule has 0 spiro atoms. The highest BCUT2D eigenvalue weighted by Gasteiger charge is 2.13. The average molecular weight is 261 g/mol. The molecule has 1 N–H and O–H groups in total. The standard InChI is InChI=1S/C11H19NO2S2/c1-9(7-11-5-4-6-15-11)12-10(2)8-16(3,13)14/h4-6,9-10,12H,7-8H2,1-3H3. The summed E-state index contributed by atoms with van der Waals surface area (Å²) >= 11 is 1.73. The van der Waals surface area contributed by atoms with E-state index >= 15 is 0 Å². The fraction of sp³-hybridized carbons (Fsp3) is 0.636. The van der Waals surface area contributed by atoms with Crippen molar-refractivity contribution < 1.29 is 8.42 Å². The van der Waals surface area contributed by atoms with Crippen LogP contribution >= 0.6 is 11.3 Å². The third-order valence-electron chi connectivity index (χ3n) is 2.21. The second kappa shape index (κ2) is 5.80. The molecule has 0 aromatic carbocycles. The van der Waals surface area contributed by atoms with E-state index < -0.39 is 9.84 Å². The molecule has 0 fully saturated rings. The molecule has 5 heteroatoms. The summed E-state index contributed by atoms with van der Waals surface area (Å²) in [4.78, 5) is 1.33. The van der Waals surface area contributed by atoms with E-state index in [1.54, 1.807) is 11.3 Å². The monoisotopic (exact) mass is 261 g/mol. The minimum Gasteiger partial charge on any atom is -0.310 e. The molecular weight excluding hydrogens is 242 g/mol. The molecule has 1 heterocycles. The van der Waals surface area contributed by atoms with E-state index in [0.717, 1.165) is 6.42 Å². The Labute approximate surface area is 102 Å². The van der Waals surface area contributed by atoms with Gasteiger partial charge in [-0.25, -0.2) is 8.42 Å². The molecule has 1 aromatic rings. The van der Waals surface area contributed by atoms with Crippen molar-refractivity contribution in [2.75, 3.05) is 12.0 Å². The molecule has 0 saturated carbocycles. The highest BCUT2D eigenvalue weighted by Crippen LogP contribution is 2.11. The van der Waals surface area contributed by atoms with Gasteiger partial charge in [0.1, 0.15) is 9.84 Å². The van der Waals surface area contributed by atoms with Gasteiger partial charge in [0.2, 0.25) is 0 Å². The number of thiophene rings is 1. The third kappa shape index (κ3) is 5.63. The van der Waals surface area contributed by atoms with Crippen molar-refractivity contribution in [3.05, 3.63) is 22.4 Å². The zero-order chi connectivity index (χ0) is 12.2. The molecule has 0 aliphatic carbocycles. The topological polar surface area (TPSA) is 46.2 Å². The van der Waals surface area contributed by atoms with Crippen molar-refractivity contribution in [3.63, 3.8) is 0 Å². The van der Waals surface area contributed by atoms with E-state index in [0.29, 0.717) is 6.04 Å². The van der Waals surface area contributed by atoms with E-state index in [4.69, 9.17) is 0 Å². The Kier molecular flexibility index (Phi) is 4.95. The number of rotatable bonds is 6. The second-order valence-corrected chi connectivity index (χ2v) is 7.56. The predicted octanol–water partition coefficient (Wildman–Crippen LogP) is 1.70. The molecule has 1 rings (SSSR count). The maximum Gasteiger partial charge on any atom is 0.148 e. The van der Waals surface area contributed by atoms with Crippen LogP contribution < -0.4 is 5.32 Å². The van der Waals surface area contributed by atoms with Gasteiger partial charge in [-0.05, 0) is 31.7 Å². The summed E-state index contributed by atoms with van der Waals surface area (Å²) in [5, 5.41) is 5.36. The highest BCUT2D eigenvalue weighted by molar-refractivity contribution is 7.90. The first-order valence-corrected chi connectivity index (χ1v) is 8.27. The molecule has 0 amide bonds. The lowest BCUT2D eigenvalue weighted by atomic mass is 10.2. The zero-order valence-electron chi connectivity index (χ0n) is 9.93. The summed E-state index contributed by atoms with van der Waals surface area (Å²) in [6.07, 6.45) is 2.22. The lowest BCUT2D eigenvalue weighted by molar-refractivity contribution is 0.486. The number of nitrogens with one attached hydrogen (secondary N) is 1. The van der Waals surface area contributed by atoms with Crippen molar-refractivity contribution in [1.29, 1.82) is 0 Å². The smallest absolute Gasteiger partial charge is 0.148 e. The fourth-order valence-electron chi connectivity index (χ4n) is 1.78. The van der Waals surface area contributed by atoms with E-state index in [1.165, 1.54) is 11.1 Å². The molecular formula is C11H19NO2S2. The Bertz CT molecular complexity index is 398. The van der Waals surface area contributed by atoms with Gasteiger partial charge in [0.05, 0.1) is 5.75 Å². The largest absolute Gasteiger partial charge is 0.310 e. The Morgan fingerprint density at radius 3 is 2.56 bits per heavy atom. The van der Waals surface area contributed by atoms with Crippen LogP contribution in [0, 0.1) is 0 Å². The van der Waals surface area contributed by atoms with E-state index in [2.05, 4.69) is 23.7 Å². The van der Waals surface area contributed by atoms with Crippen LogP contribution in [-0.2, 0) is 16.3 Å². The summed E-state index contributed by atoms with van der Waals surface area (Å²) in [7, 11) is -2.89. The first-order chi connectivity index (χ1) is 7.37. The van der Waals surface area contributed by atoms with Crippen LogP contribution in [0.4, 0.5) is 0 Å². The van der Waals surface area contributed by atoms with Crippen molar-refractivity contribution in [2.45, 2.75) is 32.4 Å². The van der Waals surface area contributed by atoms with Crippen molar-refractivity contribution >= 4 is 21.2 Å². The van der Waals surface area contributed by atoms with Gasteiger partial charge in [0, 0.05) is 23.2 Å². The van der Waals surface area contributed by atoms with Gasteiger partial charge < -0.3 is 5.32 Å². The Hall–Kier alpha value is -0.390. The maximum atomic E-state index is 11.1. The molecule has 0 bridgehead atoms. The first kappa shape index (κ1) is 13.7. The van der Waals surface area contributed by atoms with Crippen LogP contribution in [0.15, 0.2) is 17.5 Å². The number of hydrogen-bond acceptors (Lipinski definition) is 4. The second-order valence-electron chi connectivity index (χ2n) is 4.34. The minimum absolute atomic E-state index is 0.00459. The Morgan fingerprint density at radius 2 is 2.06 bits per heavy atom. The van der Waals surface area contributed by atoms with Crippen LogP contribution in [0.1, 0.15) is 18.7 Å². The zero-order valence-corrected chi connectivity index (χ0v) is 11.6. The van der Waals surface area contributed by atoms with Crippen LogP contribution in [-0.4, -0.2) is 32.5 Å². The van der Waals surface area contributed by atoms with Gasteiger partial charge in [-0.2, -0.15) is 0 Å². The van der Waals surface area contributed by atoms with Crippen LogP contribution in [0.3, 0.4) is 0 Å². The van der Waals surface area contributed by atoms with Crippen LogP contribution in [0.2, 0.25) is 0 Å². The lowest BCUT2D eigenvalue weighted by Crippen LogP contribution is -2.39. The van der Waals surface area contributed by atoms with Gasteiger partial charge in [-0.15, -0.1) is 11.3 Å². The quantitative estimate of drug-likeness (QED) is 0.848. The first-order valence-electron chi connectivity index (χ1n) is 5.33. The third-order valence-corrected chi connectivity index (χ3v) is 4.21. The SMILES string of the molecule is CC(Cc1cccs1)NC(C)CS(C)(=O)=O. The number of hydrogen-bond donors (Lipinski definition) is 1. The van der Waals surface area contributed by atoms with Crippen LogP contribution in [0.25, 0.3) is 0 Å². The fourth-order valence-corrected chi connectivity index (χ4v) is 3.62. The maximum absolute atomic E-state index is 11.1. The van der Waals surface area contributed by atoms with Gasteiger partial charge in [0.25, 0.3) is 0 Å². The molecule has 2 unspecified atom stereocenters. The van der Waals surface area contributed by atoms with E-state index in [1.807, 2.05) is 13.0 Å². The Morgan fingerprint density at radius 1 is 1.38 bits per heavy atom. The van der Waals surface area contributed by atoms with E-state index in [9.17, 15) is 8.42 Å². The molecule has 0 aliphatic rings. The summed E-state index contributed by atoms with van der Waals surface area (Å²) in [5.41, 5.74) is 0. The number of sulfone groups is 1. The Balaban J connectivity index is 2.37.